The minimum absolute atomic E-state index is 0.262. The van der Waals surface area contributed by atoms with Gasteiger partial charge in [-0.2, -0.15) is 0 Å². The van der Waals surface area contributed by atoms with Crippen molar-refractivity contribution >= 4 is 22.5 Å². The maximum absolute atomic E-state index is 12.8. The monoisotopic (exact) mass is 197 g/mol. The maximum Gasteiger partial charge on any atom is 0.249 e. The van der Waals surface area contributed by atoms with Crippen molar-refractivity contribution in [3.8, 4) is 0 Å². The summed E-state index contributed by atoms with van der Waals surface area (Å²) in [4.78, 5) is 13.5. The number of H-pyrrole nitrogens is 1. The van der Waals surface area contributed by atoms with Crippen LogP contribution in [0, 0.1) is 5.82 Å². The molecule has 1 heterocycles. The van der Waals surface area contributed by atoms with Gasteiger partial charge in [0.05, 0.1) is 5.02 Å². The minimum atomic E-state index is -0.374. The third kappa shape index (κ3) is 1.42. The van der Waals surface area contributed by atoms with Crippen LogP contribution in [0.5, 0.6) is 0 Å². The number of hydrogen-bond acceptors (Lipinski definition) is 1. The second kappa shape index (κ2) is 2.85. The van der Waals surface area contributed by atoms with Gasteiger partial charge in [0.15, 0.2) is 0 Å². The Morgan fingerprint density at radius 2 is 2.08 bits per heavy atom. The Balaban J connectivity index is 2.95. The molecule has 1 aromatic carbocycles. The third-order valence-electron chi connectivity index (χ3n) is 1.75. The molecule has 2 aromatic rings. The molecule has 4 heteroatoms. The fourth-order valence-corrected chi connectivity index (χ4v) is 1.44. The highest BCUT2D eigenvalue weighted by Gasteiger charge is 2.01. The molecule has 66 valence electrons. The Bertz CT molecular complexity index is 520. The molecule has 2 rings (SSSR count). The predicted molar refractivity (Wildman–Crippen MR) is 49.5 cm³/mol. The number of aromatic nitrogens is 1. The first-order chi connectivity index (χ1) is 6.16. The smallest absolute Gasteiger partial charge is 0.249 e. The highest BCUT2D eigenvalue weighted by molar-refractivity contribution is 6.35. The summed E-state index contributed by atoms with van der Waals surface area (Å²) in [6, 6.07) is 5.27. The van der Waals surface area contributed by atoms with Gasteiger partial charge in [-0.05, 0) is 18.2 Å². The second-order valence-electron chi connectivity index (χ2n) is 2.67. The standard InChI is InChI=1S/C9H5ClFNO/c10-7-4-9(13)12-8-2-1-5(11)3-6(7)8/h1-4H,(H,12,13). The lowest BCUT2D eigenvalue weighted by Crippen LogP contribution is -2.03. The first-order valence-electron chi connectivity index (χ1n) is 3.65. The summed E-state index contributed by atoms with van der Waals surface area (Å²) in [6.45, 7) is 0. The van der Waals surface area contributed by atoms with Gasteiger partial charge in [-0.3, -0.25) is 4.79 Å². The Kier molecular flexibility index (Phi) is 1.81. The van der Waals surface area contributed by atoms with E-state index in [1.54, 1.807) is 0 Å². The largest absolute Gasteiger partial charge is 0.322 e. The zero-order valence-corrected chi connectivity index (χ0v) is 7.23. The van der Waals surface area contributed by atoms with Crippen LogP contribution in [-0.4, -0.2) is 4.98 Å². The van der Waals surface area contributed by atoms with Gasteiger partial charge in [-0.15, -0.1) is 0 Å². The van der Waals surface area contributed by atoms with Crippen molar-refractivity contribution in [3.63, 3.8) is 0 Å². The molecular formula is C9H5ClFNO. The van der Waals surface area contributed by atoms with E-state index >= 15 is 0 Å². The van der Waals surface area contributed by atoms with Crippen molar-refractivity contribution in [1.82, 2.24) is 4.98 Å². The molecule has 0 aliphatic carbocycles. The topological polar surface area (TPSA) is 32.9 Å². The Labute approximate surface area is 78.0 Å². The molecule has 1 aromatic heterocycles. The molecule has 0 amide bonds. The third-order valence-corrected chi connectivity index (χ3v) is 2.07. The number of halogens is 2. The van der Waals surface area contributed by atoms with Gasteiger partial charge in [0.25, 0.3) is 0 Å². The highest BCUT2D eigenvalue weighted by atomic mass is 35.5. The molecule has 0 fully saturated rings. The molecule has 0 saturated carbocycles. The first-order valence-corrected chi connectivity index (χ1v) is 4.03. The van der Waals surface area contributed by atoms with Gasteiger partial charge >= 0.3 is 0 Å². The highest BCUT2D eigenvalue weighted by Crippen LogP contribution is 2.20. The van der Waals surface area contributed by atoms with E-state index in [2.05, 4.69) is 4.98 Å². The van der Waals surface area contributed by atoms with Crippen molar-refractivity contribution in [2.45, 2.75) is 0 Å². The molecule has 1 N–H and O–H groups in total. The zero-order valence-electron chi connectivity index (χ0n) is 6.47. The quantitative estimate of drug-likeness (QED) is 0.691. The molecule has 0 atom stereocenters. The molecule has 0 saturated heterocycles. The molecule has 13 heavy (non-hydrogen) atoms. The molecule has 0 aliphatic rings. The molecule has 0 spiro atoms. The van der Waals surface area contributed by atoms with Crippen molar-refractivity contribution in [2.24, 2.45) is 0 Å². The summed E-state index contributed by atoms with van der Waals surface area (Å²) in [5.41, 5.74) is 0.253. The lowest BCUT2D eigenvalue weighted by atomic mass is 10.2. The number of pyridine rings is 1. The summed E-state index contributed by atoms with van der Waals surface area (Å²) in [5.74, 6) is -0.374. The molecule has 0 unspecified atom stereocenters. The Morgan fingerprint density at radius 3 is 2.85 bits per heavy atom. The molecule has 0 aliphatic heterocycles. The second-order valence-corrected chi connectivity index (χ2v) is 3.08. The van der Waals surface area contributed by atoms with Crippen LogP contribution >= 0.6 is 11.6 Å². The van der Waals surface area contributed by atoms with E-state index in [0.29, 0.717) is 10.9 Å². The number of rotatable bonds is 0. The van der Waals surface area contributed by atoms with Crippen molar-refractivity contribution < 1.29 is 4.39 Å². The summed E-state index contributed by atoms with van der Waals surface area (Å²) < 4.78 is 12.8. The zero-order chi connectivity index (χ0) is 9.42. The first kappa shape index (κ1) is 8.26. The summed E-state index contributed by atoms with van der Waals surface area (Å²) in [6.07, 6.45) is 0. The average molecular weight is 198 g/mol. The van der Waals surface area contributed by atoms with Crippen LogP contribution in [0.2, 0.25) is 5.02 Å². The van der Waals surface area contributed by atoms with Crippen LogP contribution in [0.3, 0.4) is 0 Å². The van der Waals surface area contributed by atoms with Crippen LogP contribution in [-0.2, 0) is 0 Å². The molecule has 0 radical (unpaired) electrons. The number of fused-ring (bicyclic) bond motifs is 1. The average Bonchev–Trinajstić information content (AvgIpc) is 2.06. The van der Waals surface area contributed by atoms with E-state index in [4.69, 9.17) is 11.6 Å². The fourth-order valence-electron chi connectivity index (χ4n) is 1.18. The molecule has 2 nitrogen and oxygen atoms in total. The van der Waals surface area contributed by atoms with E-state index in [1.807, 2.05) is 0 Å². The minimum Gasteiger partial charge on any atom is -0.322 e. The van der Waals surface area contributed by atoms with E-state index in [1.165, 1.54) is 24.3 Å². The van der Waals surface area contributed by atoms with Crippen LogP contribution < -0.4 is 5.56 Å². The lowest BCUT2D eigenvalue weighted by Gasteiger charge is -1.98. The lowest BCUT2D eigenvalue weighted by molar-refractivity contribution is 0.629. The maximum atomic E-state index is 12.8. The summed E-state index contributed by atoms with van der Waals surface area (Å²) in [7, 11) is 0. The summed E-state index contributed by atoms with van der Waals surface area (Å²) in [5, 5.41) is 0.777. The van der Waals surface area contributed by atoms with Crippen LogP contribution in [0.4, 0.5) is 4.39 Å². The summed E-state index contributed by atoms with van der Waals surface area (Å²) >= 11 is 5.75. The van der Waals surface area contributed by atoms with Gasteiger partial charge in [0.2, 0.25) is 5.56 Å². The number of hydrogen-bond donors (Lipinski definition) is 1. The Morgan fingerprint density at radius 1 is 1.31 bits per heavy atom. The van der Waals surface area contributed by atoms with Crippen LogP contribution in [0.25, 0.3) is 10.9 Å². The van der Waals surface area contributed by atoms with E-state index in [9.17, 15) is 9.18 Å². The van der Waals surface area contributed by atoms with E-state index < -0.39 is 0 Å². The normalized spacial score (nSPS) is 10.6. The van der Waals surface area contributed by atoms with E-state index in [0.717, 1.165) is 0 Å². The van der Waals surface area contributed by atoms with Crippen molar-refractivity contribution in [2.75, 3.05) is 0 Å². The van der Waals surface area contributed by atoms with Gasteiger partial charge in [0.1, 0.15) is 5.82 Å². The fraction of sp³-hybridized carbons (Fsp3) is 0. The predicted octanol–water partition coefficient (Wildman–Crippen LogP) is 2.32. The van der Waals surface area contributed by atoms with Crippen LogP contribution in [0.15, 0.2) is 29.1 Å². The SMILES string of the molecule is O=c1cc(Cl)c2cc(F)ccc2[nH]1. The van der Waals surface area contributed by atoms with Gasteiger partial charge < -0.3 is 4.98 Å². The van der Waals surface area contributed by atoms with Gasteiger partial charge in [-0.1, -0.05) is 11.6 Å². The van der Waals surface area contributed by atoms with Crippen LogP contribution in [0.1, 0.15) is 0 Å². The number of benzene rings is 1. The van der Waals surface area contributed by atoms with E-state index in [-0.39, 0.29) is 16.4 Å². The molecular weight excluding hydrogens is 193 g/mol. The van der Waals surface area contributed by atoms with Crippen molar-refractivity contribution in [1.29, 1.82) is 0 Å². The van der Waals surface area contributed by atoms with Crippen molar-refractivity contribution in [3.05, 3.63) is 45.5 Å². The number of aromatic amines is 1. The van der Waals surface area contributed by atoms with Gasteiger partial charge in [0, 0.05) is 17.0 Å². The number of nitrogens with one attached hydrogen (secondary N) is 1. The molecule has 0 bridgehead atoms. The van der Waals surface area contributed by atoms with Gasteiger partial charge in [-0.25, -0.2) is 4.39 Å². The Hall–Kier alpha value is -1.35.